The molecule has 0 bridgehead atoms. The first kappa shape index (κ1) is 27.3. The summed E-state index contributed by atoms with van der Waals surface area (Å²) in [6.07, 6.45) is 13.9. The number of carboxylic acids is 1. The normalized spacial score (nSPS) is 16.1. The topological polar surface area (TPSA) is 90.1 Å². The van der Waals surface area contributed by atoms with Crippen LogP contribution in [-0.2, 0) is 9.53 Å². The number of carboxylic acid groups (broad SMARTS) is 1. The van der Waals surface area contributed by atoms with Gasteiger partial charge in [0.1, 0.15) is 6.33 Å². The number of hydrogen-bond acceptors (Lipinski definition) is 5. The molecule has 0 radical (unpaired) electrons. The van der Waals surface area contributed by atoms with E-state index in [1.807, 2.05) is 35.4 Å². The lowest BCUT2D eigenvalue weighted by Gasteiger charge is -2.23. The average molecular weight is 557 g/mol. The van der Waals surface area contributed by atoms with Crippen LogP contribution in [0.4, 0.5) is 0 Å². The van der Waals surface area contributed by atoms with Crippen molar-refractivity contribution < 1.29 is 14.6 Å². The maximum Gasteiger partial charge on any atom is 0.328 e. The van der Waals surface area contributed by atoms with Crippen molar-refractivity contribution in [3.05, 3.63) is 120 Å². The molecule has 210 valence electrons. The number of allylic oxidation sites excluding steroid dienone is 1. The van der Waals surface area contributed by atoms with Crippen molar-refractivity contribution in [3.8, 4) is 11.1 Å². The minimum absolute atomic E-state index is 0.0248. The molecule has 1 fully saturated rings. The minimum Gasteiger partial charge on any atom is -0.478 e. The molecule has 0 spiro atoms. The molecule has 1 saturated heterocycles. The Morgan fingerprint density at radius 3 is 2.36 bits per heavy atom. The molecule has 0 amide bonds. The maximum absolute atomic E-state index is 11.0. The second-order valence-electron chi connectivity index (χ2n) is 10.4. The molecule has 2 aromatic heterocycles. The molecule has 42 heavy (non-hydrogen) atoms. The van der Waals surface area contributed by atoms with Crippen molar-refractivity contribution in [2.45, 2.75) is 38.8 Å². The highest BCUT2D eigenvalue weighted by molar-refractivity contribution is 6.00. The standard InChI is InChI=1S/C35H32N4O3/c1-2-31(26-13-11-25(12-14-26)30-20-36-23-37-21-30)35(27-9-6-24(7-10-27)8-17-34(40)41)28-15-16-32-29(19-28)22-38-39(32)33-5-3-4-18-42-33/h6-17,19-23,33H,2-5,18H2,1H3,(H,40,41)/b17-8+,35-31?/t33-/m1/s1. The van der Waals surface area contributed by atoms with E-state index < -0.39 is 5.97 Å². The van der Waals surface area contributed by atoms with Crippen LogP contribution >= 0.6 is 0 Å². The summed E-state index contributed by atoms with van der Waals surface area (Å²) in [7, 11) is 0. The fraction of sp³-hybridized carbons (Fsp3) is 0.200. The molecule has 7 nitrogen and oxygen atoms in total. The van der Waals surface area contributed by atoms with E-state index in [4.69, 9.17) is 14.9 Å². The van der Waals surface area contributed by atoms with Crippen LogP contribution in [-0.4, -0.2) is 37.4 Å². The van der Waals surface area contributed by atoms with Crippen LogP contribution in [0.5, 0.6) is 0 Å². The van der Waals surface area contributed by atoms with Crippen LogP contribution in [0, 0.1) is 0 Å². The number of aliphatic carboxylic acids is 1. The summed E-state index contributed by atoms with van der Waals surface area (Å²) in [6, 6.07) is 23.1. The predicted octanol–water partition coefficient (Wildman–Crippen LogP) is 7.66. The Labute approximate surface area is 244 Å². The highest BCUT2D eigenvalue weighted by Crippen LogP contribution is 2.37. The fourth-order valence-corrected chi connectivity index (χ4v) is 5.64. The predicted molar refractivity (Wildman–Crippen MR) is 165 cm³/mol. The van der Waals surface area contributed by atoms with Crippen molar-refractivity contribution in [2.24, 2.45) is 0 Å². The molecule has 6 rings (SSSR count). The summed E-state index contributed by atoms with van der Waals surface area (Å²) in [5.41, 5.74) is 9.55. The van der Waals surface area contributed by atoms with Gasteiger partial charge in [-0.15, -0.1) is 0 Å². The van der Waals surface area contributed by atoms with E-state index in [1.165, 1.54) is 11.9 Å². The van der Waals surface area contributed by atoms with Gasteiger partial charge in [0, 0.05) is 36.0 Å². The summed E-state index contributed by atoms with van der Waals surface area (Å²) in [6.45, 7) is 2.94. The summed E-state index contributed by atoms with van der Waals surface area (Å²) in [5, 5.41) is 14.8. The van der Waals surface area contributed by atoms with Gasteiger partial charge in [-0.3, -0.25) is 0 Å². The zero-order chi connectivity index (χ0) is 28.9. The molecule has 0 aliphatic carbocycles. The molecule has 3 heterocycles. The maximum atomic E-state index is 11.0. The van der Waals surface area contributed by atoms with Gasteiger partial charge >= 0.3 is 5.97 Å². The highest BCUT2D eigenvalue weighted by atomic mass is 16.5. The van der Waals surface area contributed by atoms with Gasteiger partial charge in [0.05, 0.1) is 11.7 Å². The second kappa shape index (κ2) is 12.3. The zero-order valence-corrected chi connectivity index (χ0v) is 23.5. The minimum atomic E-state index is -0.967. The third kappa shape index (κ3) is 5.78. The van der Waals surface area contributed by atoms with Crippen LogP contribution in [0.25, 0.3) is 39.3 Å². The Morgan fingerprint density at radius 1 is 0.929 bits per heavy atom. The summed E-state index contributed by atoms with van der Waals surface area (Å²) < 4.78 is 8.03. The highest BCUT2D eigenvalue weighted by Gasteiger charge is 2.20. The zero-order valence-electron chi connectivity index (χ0n) is 23.5. The molecule has 3 aromatic carbocycles. The molecule has 1 atom stereocenters. The lowest BCUT2D eigenvalue weighted by Crippen LogP contribution is -2.18. The molecule has 1 N–H and O–H groups in total. The lowest BCUT2D eigenvalue weighted by atomic mass is 9.87. The van der Waals surface area contributed by atoms with E-state index in [9.17, 15) is 4.79 Å². The largest absolute Gasteiger partial charge is 0.478 e. The van der Waals surface area contributed by atoms with E-state index in [2.05, 4.69) is 71.5 Å². The van der Waals surface area contributed by atoms with Gasteiger partial charge in [-0.1, -0.05) is 61.5 Å². The number of aromatic nitrogens is 4. The molecule has 0 unspecified atom stereocenters. The van der Waals surface area contributed by atoms with Crippen LogP contribution in [0.15, 0.2) is 97.7 Å². The fourth-order valence-electron chi connectivity index (χ4n) is 5.64. The summed E-state index contributed by atoms with van der Waals surface area (Å²) in [4.78, 5) is 19.3. The third-order valence-corrected chi connectivity index (χ3v) is 7.71. The van der Waals surface area contributed by atoms with Crippen molar-refractivity contribution in [3.63, 3.8) is 0 Å². The van der Waals surface area contributed by atoms with Crippen LogP contribution < -0.4 is 0 Å². The Kier molecular flexibility index (Phi) is 8.01. The number of nitrogens with zero attached hydrogens (tertiary/aromatic N) is 4. The number of benzene rings is 3. The monoisotopic (exact) mass is 556 g/mol. The number of ether oxygens (including phenoxy) is 1. The molecule has 0 saturated carbocycles. The molecular weight excluding hydrogens is 524 g/mol. The first-order valence-corrected chi connectivity index (χ1v) is 14.3. The molecule has 5 aromatic rings. The third-order valence-electron chi connectivity index (χ3n) is 7.71. The van der Waals surface area contributed by atoms with E-state index >= 15 is 0 Å². The van der Waals surface area contributed by atoms with Gasteiger partial charge in [0.2, 0.25) is 0 Å². The van der Waals surface area contributed by atoms with Crippen molar-refractivity contribution in [1.29, 1.82) is 0 Å². The smallest absolute Gasteiger partial charge is 0.328 e. The van der Waals surface area contributed by atoms with Crippen molar-refractivity contribution in [2.75, 3.05) is 6.61 Å². The van der Waals surface area contributed by atoms with Crippen molar-refractivity contribution in [1.82, 2.24) is 19.7 Å². The number of hydrogen-bond donors (Lipinski definition) is 1. The average Bonchev–Trinajstić information content (AvgIpc) is 3.47. The van der Waals surface area contributed by atoms with Gasteiger partial charge in [-0.05, 0) is 82.9 Å². The van der Waals surface area contributed by atoms with E-state index in [1.54, 1.807) is 6.08 Å². The molecular formula is C35H32N4O3. The first-order chi connectivity index (χ1) is 20.6. The van der Waals surface area contributed by atoms with E-state index in [-0.39, 0.29) is 6.23 Å². The second-order valence-corrected chi connectivity index (χ2v) is 10.4. The first-order valence-electron chi connectivity index (χ1n) is 14.3. The summed E-state index contributed by atoms with van der Waals surface area (Å²) >= 11 is 0. The van der Waals surface area contributed by atoms with Gasteiger partial charge in [-0.25, -0.2) is 19.4 Å². The van der Waals surface area contributed by atoms with E-state index in [0.29, 0.717) is 0 Å². The Balaban J connectivity index is 1.45. The Hall–Kier alpha value is -4.88. The van der Waals surface area contributed by atoms with Gasteiger partial charge < -0.3 is 9.84 Å². The number of rotatable bonds is 8. The number of fused-ring (bicyclic) bond motifs is 1. The quantitative estimate of drug-likeness (QED) is 0.156. The van der Waals surface area contributed by atoms with Gasteiger partial charge in [-0.2, -0.15) is 5.10 Å². The SMILES string of the molecule is CCC(=C(c1ccc(/C=C/C(=O)O)cc1)c1ccc2c(cnn2[C@H]2CCCCO2)c1)c1ccc(-c2cncnc2)cc1. The Morgan fingerprint density at radius 2 is 1.67 bits per heavy atom. The van der Waals surface area contributed by atoms with E-state index in [0.717, 1.165) is 88.2 Å². The van der Waals surface area contributed by atoms with Gasteiger partial charge in [0.15, 0.2) is 6.23 Å². The molecule has 1 aliphatic rings. The molecule has 7 heteroatoms. The van der Waals surface area contributed by atoms with Crippen molar-refractivity contribution >= 4 is 34.1 Å². The van der Waals surface area contributed by atoms with Crippen LogP contribution in [0.2, 0.25) is 0 Å². The number of carbonyl (C=O) groups is 1. The Bertz CT molecular complexity index is 1750. The van der Waals surface area contributed by atoms with Crippen LogP contribution in [0.3, 0.4) is 0 Å². The molecule has 1 aliphatic heterocycles. The lowest BCUT2D eigenvalue weighted by molar-refractivity contribution is -0.131. The van der Waals surface area contributed by atoms with Gasteiger partial charge in [0.25, 0.3) is 0 Å². The van der Waals surface area contributed by atoms with Crippen LogP contribution in [0.1, 0.15) is 61.1 Å². The summed E-state index contributed by atoms with van der Waals surface area (Å²) in [5.74, 6) is -0.967.